The molecule has 0 aromatic heterocycles. The standard InChI is InChI=1S/C11H15FO3/c1-6-5-7(11(2,3)14)8(12)9(13)10(6)15-4/h5,13-14H,1-4H3. The molecule has 0 unspecified atom stereocenters. The maximum atomic E-state index is 13.6. The fourth-order valence-corrected chi connectivity index (χ4v) is 1.46. The quantitative estimate of drug-likeness (QED) is 0.792. The lowest BCUT2D eigenvalue weighted by Crippen LogP contribution is -2.18. The first-order valence-corrected chi connectivity index (χ1v) is 4.58. The summed E-state index contributed by atoms with van der Waals surface area (Å²) in [6.07, 6.45) is 0. The van der Waals surface area contributed by atoms with E-state index in [0.717, 1.165) is 0 Å². The van der Waals surface area contributed by atoms with Gasteiger partial charge in [0.15, 0.2) is 17.3 Å². The molecule has 0 aliphatic carbocycles. The third kappa shape index (κ3) is 2.04. The summed E-state index contributed by atoms with van der Waals surface area (Å²) in [5.74, 6) is -1.31. The molecule has 84 valence electrons. The minimum Gasteiger partial charge on any atom is -0.502 e. The van der Waals surface area contributed by atoms with E-state index < -0.39 is 17.2 Å². The number of benzene rings is 1. The van der Waals surface area contributed by atoms with Crippen LogP contribution in [0.3, 0.4) is 0 Å². The van der Waals surface area contributed by atoms with Crippen LogP contribution in [-0.2, 0) is 5.60 Å². The number of aromatic hydroxyl groups is 1. The average molecular weight is 214 g/mol. The number of halogens is 1. The summed E-state index contributed by atoms with van der Waals surface area (Å²) < 4.78 is 18.5. The van der Waals surface area contributed by atoms with Crippen LogP contribution >= 0.6 is 0 Å². The Hall–Kier alpha value is -1.29. The number of hydrogen-bond donors (Lipinski definition) is 2. The molecule has 3 nitrogen and oxygen atoms in total. The van der Waals surface area contributed by atoms with Crippen molar-refractivity contribution in [2.45, 2.75) is 26.4 Å². The number of phenolic OH excluding ortho intramolecular Hbond substituents is 1. The molecule has 2 N–H and O–H groups in total. The Labute approximate surface area is 88.1 Å². The second kappa shape index (κ2) is 3.70. The largest absolute Gasteiger partial charge is 0.502 e. The third-order valence-electron chi connectivity index (χ3n) is 2.24. The van der Waals surface area contributed by atoms with Crippen LogP contribution in [0.25, 0.3) is 0 Å². The number of rotatable bonds is 2. The fourth-order valence-electron chi connectivity index (χ4n) is 1.46. The van der Waals surface area contributed by atoms with Gasteiger partial charge in [-0.05, 0) is 32.4 Å². The summed E-state index contributed by atoms with van der Waals surface area (Å²) in [5.41, 5.74) is -0.703. The van der Waals surface area contributed by atoms with Gasteiger partial charge in [-0.1, -0.05) is 0 Å². The van der Waals surface area contributed by atoms with Gasteiger partial charge in [-0.25, -0.2) is 4.39 Å². The van der Waals surface area contributed by atoms with Gasteiger partial charge in [0.05, 0.1) is 12.7 Å². The van der Waals surface area contributed by atoms with Crippen molar-refractivity contribution in [3.8, 4) is 11.5 Å². The van der Waals surface area contributed by atoms with Crippen LogP contribution in [0.2, 0.25) is 0 Å². The van der Waals surface area contributed by atoms with Gasteiger partial charge in [-0.2, -0.15) is 0 Å². The third-order valence-corrected chi connectivity index (χ3v) is 2.24. The van der Waals surface area contributed by atoms with Crippen molar-refractivity contribution in [2.24, 2.45) is 0 Å². The van der Waals surface area contributed by atoms with E-state index in [0.29, 0.717) is 5.56 Å². The summed E-state index contributed by atoms with van der Waals surface area (Å²) in [5, 5.41) is 19.2. The SMILES string of the molecule is COc1c(C)cc(C(C)(C)O)c(F)c1O. The topological polar surface area (TPSA) is 49.7 Å². The van der Waals surface area contributed by atoms with Gasteiger partial charge < -0.3 is 14.9 Å². The zero-order chi connectivity index (χ0) is 11.8. The van der Waals surface area contributed by atoms with Crippen LogP contribution in [0, 0.1) is 12.7 Å². The molecule has 0 radical (unpaired) electrons. The number of ether oxygens (including phenoxy) is 1. The Morgan fingerprint density at radius 2 is 1.93 bits per heavy atom. The van der Waals surface area contributed by atoms with E-state index in [4.69, 9.17) is 4.74 Å². The zero-order valence-electron chi connectivity index (χ0n) is 9.26. The number of phenols is 1. The molecule has 0 spiro atoms. The summed E-state index contributed by atoms with van der Waals surface area (Å²) in [4.78, 5) is 0. The minimum atomic E-state index is -1.33. The van der Waals surface area contributed by atoms with Crippen LogP contribution in [0.15, 0.2) is 6.07 Å². The number of hydrogen-bond acceptors (Lipinski definition) is 3. The van der Waals surface area contributed by atoms with Crippen molar-refractivity contribution in [1.82, 2.24) is 0 Å². The van der Waals surface area contributed by atoms with Crippen LogP contribution < -0.4 is 4.74 Å². The Kier molecular flexibility index (Phi) is 2.90. The van der Waals surface area contributed by atoms with E-state index in [2.05, 4.69) is 0 Å². The first-order valence-electron chi connectivity index (χ1n) is 4.58. The molecule has 1 rings (SSSR count). The molecule has 0 saturated carbocycles. The Balaban J connectivity index is 3.48. The normalized spacial score (nSPS) is 11.6. The van der Waals surface area contributed by atoms with Crippen LogP contribution in [0.1, 0.15) is 25.0 Å². The van der Waals surface area contributed by atoms with Crippen molar-refractivity contribution in [1.29, 1.82) is 0 Å². The molecular weight excluding hydrogens is 199 g/mol. The van der Waals surface area contributed by atoms with Crippen LogP contribution in [0.5, 0.6) is 11.5 Å². The van der Waals surface area contributed by atoms with Gasteiger partial charge in [0.2, 0.25) is 0 Å². The van der Waals surface area contributed by atoms with E-state index in [1.54, 1.807) is 6.92 Å². The lowest BCUT2D eigenvalue weighted by molar-refractivity contribution is 0.0737. The van der Waals surface area contributed by atoms with Crippen molar-refractivity contribution in [2.75, 3.05) is 7.11 Å². The van der Waals surface area contributed by atoms with Crippen LogP contribution in [-0.4, -0.2) is 17.3 Å². The first-order chi connectivity index (χ1) is 6.79. The maximum absolute atomic E-state index is 13.6. The highest BCUT2D eigenvalue weighted by molar-refractivity contribution is 5.50. The van der Waals surface area contributed by atoms with E-state index in [1.807, 2.05) is 0 Å². The summed E-state index contributed by atoms with van der Waals surface area (Å²) in [7, 11) is 1.35. The van der Waals surface area contributed by atoms with Gasteiger partial charge in [0.1, 0.15) is 0 Å². The second-order valence-electron chi connectivity index (χ2n) is 4.00. The molecule has 0 atom stereocenters. The molecule has 0 heterocycles. The molecular formula is C11H15FO3. The predicted molar refractivity (Wildman–Crippen MR) is 54.6 cm³/mol. The first kappa shape index (κ1) is 11.8. The zero-order valence-corrected chi connectivity index (χ0v) is 9.26. The molecule has 0 amide bonds. The Morgan fingerprint density at radius 3 is 2.33 bits per heavy atom. The van der Waals surface area contributed by atoms with E-state index >= 15 is 0 Å². The molecule has 1 aromatic rings. The Bertz CT molecular complexity index is 380. The second-order valence-corrected chi connectivity index (χ2v) is 4.00. The maximum Gasteiger partial charge on any atom is 0.194 e. The van der Waals surface area contributed by atoms with Crippen molar-refractivity contribution < 1.29 is 19.3 Å². The highest BCUT2D eigenvalue weighted by Gasteiger charge is 2.26. The molecule has 0 fully saturated rings. The monoisotopic (exact) mass is 214 g/mol. The molecule has 15 heavy (non-hydrogen) atoms. The molecule has 0 bridgehead atoms. The van der Waals surface area contributed by atoms with Crippen molar-refractivity contribution >= 4 is 0 Å². The fraction of sp³-hybridized carbons (Fsp3) is 0.455. The average Bonchev–Trinajstić information content (AvgIpc) is 2.10. The summed E-state index contributed by atoms with van der Waals surface area (Å²) >= 11 is 0. The summed E-state index contributed by atoms with van der Waals surface area (Å²) in [6, 6.07) is 1.47. The Morgan fingerprint density at radius 1 is 1.40 bits per heavy atom. The number of aliphatic hydroxyl groups is 1. The van der Waals surface area contributed by atoms with E-state index in [-0.39, 0.29) is 11.3 Å². The van der Waals surface area contributed by atoms with Crippen molar-refractivity contribution in [3.63, 3.8) is 0 Å². The van der Waals surface area contributed by atoms with E-state index in [1.165, 1.54) is 27.0 Å². The predicted octanol–water partition coefficient (Wildman–Crippen LogP) is 2.08. The lowest BCUT2D eigenvalue weighted by Gasteiger charge is -2.21. The molecule has 1 aromatic carbocycles. The van der Waals surface area contributed by atoms with Gasteiger partial charge in [-0.3, -0.25) is 0 Å². The molecule has 0 aliphatic heterocycles. The van der Waals surface area contributed by atoms with Gasteiger partial charge in [0.25, 0.3) is 0 Å². The summed E-state index contributed by atoms with van der Waals surface area (Å²) in [6.45, 7) is 4.58. The minimum absolute atomic E-state index is 0.0540. The number of aryl methyl sites for hydroxylation is 1. The number of methoxy groups -OCH3 is 1. The molecule has 0 aliphatic rings. The lowest BCUT2D eigenvalue weighted by atomic mass is 9.95. The van der Waals surface area contributed by atoms with Gasteiger partial charge >= 0.3 is 0 Å². The smallest absolute Gasteiger partial charge is 0.194 e. The van der Waals surface area contributed by atoms with Gasteiger partial charge in [0, 0.05) is 5.56 Å². The van der Waals surface area contributed by atoms with Gasteiger partial charge in [-0.15, -0.1) is 0 Å². The molecule has 4 heteroatoms. The van der Waals surface area contributed by atoms with E-state index in [9.17, 15) is 14.6 Å². The highest BCUT2D eigenvalue weighted by Crippen LogP contribution is 2.38. The molecule has 0 saturated heterocycles. The van der Waals surface area contributed by atoms with Crippen molar-refractivity contribution in [3.05, 3.63) is 23.0 Å². The highest BCUT2D eigenvalue weighted by atomic mass is 19.1. The van der Waals surface area contributed by atoms with Crippen LogP contribution in [0.4, 0.5) is 4.39 Å².